The zero-order chi connectivity index (χ0) is 24.5. The molecular weight excluding hydrogens is 494 g/mol. The number of halogens is 1. The van der Waals surface area contributed by atoms with Crippen LogP contribution in [0.5, 0.6) is 0 Å². The largest absolute Gasteiger partial charge is 0.377 e. The van der Waals surface area contributed by atoms with Gasteiger partial charge in [0, 0.05) is 30.8 Å². The third-order valence-corrected chi connectivity index (χ3v) is 8.75. The van der Waals surface area contributed by atoms with Crippen molar-refractivity contribution in [3.8, 4) is 12.3 Å². The van der Waals surface area contributed by atoms with E-state index >= 15 is 0 Å². The van der Waals surface area contributed by atoms with E-state index in [0.717, 1.165) is 28.6 Å². The smallest absolute Gasteiger partial charge is 0.279 e. The molecule has 3 aromatic rings. The van der Waals surface area contributed by atoms with E-state index in [-0.39, 0.29) is 23.1 Å². The van der Waals surface area contributed by atoms with E-state index in [1.807, 2.05) is 23.6 Å². The SMILES string of the molecule is C#CCn1c(=NC(=O)c2ccc(S(=O)(=O)N(C)CC3CCCO3)cc2)sc2cc(Cl)cc(C)c21. The number of fused-ring (bicyclic) bond motifs is 1. The van der Waals surface area contributed by atoms with Gasteiger partial charge in [-0.05, 0) is 61.7 Å². The number of carbonyl (C=O) groups is 1. The Bertz CT molecular complexity index is 1440. The van der Waals surface area contributed by atoms with Gasteiger partial charge in [-0.2, -0.15) is 9.30 Å². The van der Waals surface area contributed by atoms with Crippen LogP contribution in [0, 0.1) is 19.3 Å². The summed E-state index contributed by atoms with van der Waals surface area (Å²) in [5.41, 5.74) is 2.10. The molecule has 2 aromatic carbocycles. The number of ether oxygens (including phenoxy) is 1. The summed E-state index contributed by atoms with van der Waals surface area (Å²) in [4.78, 5) is 17.7. The van der Waals surface area contributed by atoms with Crippen molar-refractivity contribution >= 4 is 49.1 Å². The number of terminal acetylenes is 1. The normalized spacial score (nSPS) is 16.9. The summed E-state index contributed by atoms with van der Waals surface area (Å²) in [6.45, 7) is 3.13. The Morgan fingerprint density at radius 2 is 2.09 bits per heavy atom. The van der Waals surface area contributed by atoms with Crippen molar-refractivity contribution in [1.29, 1.82) is 0 Å². The number of thiazole rings is 1. The number of sulfonamides is 1. The highest BCUT2D eigenvalue weighted by atomic mass is 35.5. The van der Waals surface area contributed by atoms with Crippen LogP contribution in [0.15, 0.2) is 46.3 Å². The maximum atomic E-state index is 12.9. The lowest BCUT2D eigenvalue weighted by molar-refractivity contribution is 0.0979. The fourth-order valence-electron chi connectivity index (χ4n) is 3.97. The van der Waals surface area contributed by atoms with Crippen molar-refractivity contribution in [3.05, 3.63) is 57.3 Å². The molecule has 34 heavy (non-hydrogen) atoms. The Morgan fingerprint density at radius 3 is 2.74 bits per heavy atom. The van der Waals surface area contributed by atoms with Gasteiger partial charge in [-0.25, -0.2) is 8.42 Å². The van der Waals surface area contributed by atoms with Gasteiger partial charge in [0.2, 0.25) is 10.0 Å². The van der Waals surface area contributed by atoms with Gasteiger partial charge in [0.25, 0.3) is 5.91 Å². The van der Waals surface area contributed by atoms with Gasteiger partial charge >= 0.3 is 0 Å². The van der Waals surface area contributed by atoms with Gasteiger partial charge in [0.05, 0.1) is 27.8 Å². The number of aryl methyl sites for hydroxylation is 1. The Morgan fingerprint density at radius 1 is 1.35 bits per heavy atom. The third-order valence-electron chi connectivity index (χ3n) is 5.67. The average molecular weight is 518 g/mol. The van der Waals surface area contributed by atoms with Crippen LogP contribution in [0.2, 0.25) is 5.02 Å². The highest BCUT2D eigenvalue weighted by molar-refractivity contribution is 7.89. The van der Waals surface area contributed by atoms with Crippen molar-refractivity contribution < 1.29 is 17.9 Å². The summed E-state index contributed by atoms with van der Waals surface area (Å²) < 4.78 is 35.3. The van der Waals surface area contributed by atoms with Crippen LogP contribution < -0.4 is 4.80 Å². The van der Waals surface area contributed by atoms with Gasteiger partial charge in [-0.3, -0.25) is 4.79 Å². The van der Waals surface area contributed by atoms with Crippen molar-refractivity contribution in [3.63, 3.8) is 0 Å². The molecular formula is C24H24ClN3O4S2. The molecule has 0 aliphatic carbocycles. The second-order valence-electron chi connectivity index (χ2n) is 8.11. The Kier molecular flexibility index (Phi) is 7.26. The van der Waals surface area contributed by atoms with Gasteiger partial charge in [0.15, 0.2) is 4.80 Å². The number of amides is 1. The van der Waals surface area contributed by atoms with Crippen molar-refractivity contribution in [2.24, 2.45) is 4.99 Å². The number of likely N-dealkylation sites (N-methyl/N-ethyl adjacent to an activating group) is 1. The fraction of sp³-hybridized carbons (Fsp3) is 0.333. The van der Waals surface area contributed by atoms with Gasteiger partial charge in [0.1, 0.15) is 0 Å². The van der Waals surface area contributed by atoms with Gasteiger partial charge in [-0.15, -0.1) is 6.42 Å². The number of hydrogen-bond acceptors (Lipinski definition) is 5. The van der Waals surface area contributed by atoms with E-state index in [1.165, 1.54) is 47.0 Å². The number of carbonyl (C=O) groups excluding carboxylic acids is 1. The Labute approximate surface area is 207 Å². The topological polar surface area (TPSA) is 81.0 Å². The lowest BCUT2D eigenvalue weighted by Crippen LogP contribution is -2.34. The molecule has 1 atom stereocenters. The molecule has 4 rings (SSSR count). The van der Waals surface area contributed by atoms with Crippen LogP contribution in [-0.2, 0) is 21.3 Å². The summed E-state index contributed by atoms with van der Waals surface area (Å²) in [5.74, 6) is 2.11. The van der Waals surface area contributed by atoms with E-state index in [9.17, 15) is 13.2 Å². The number of aromatic nitrogens is 1. The Hall–Kier alpha value is -2.48. The molecule has 0 N–H and O–H groups in total. The van der Waals surface area contributed by atoms with E-state index in [1.54, 1.807) is 0 Å². The molecule has 178 valence electrons. The lowest BCUT2D eigenvalue weighted by atomic mass is 10.2. The molecule has 1 unspecified atom stereocenters. The summed E-state index contributed by atoms with van der Waals surface area (Å²) >= 11 is 7.51. The second kappa shape index (κ2) is 10.0. The summed E-state index contributed by atoms with van der Waals surface area (Å²) in [6.07, 6.45) is 7.24. The second-order valence-corrected chi connectivity index (χ2v) is 11.6. The number of nitrogens with zero attached hydrogens (tertiary/aromatic N) is 3. The molecule has 10 heteroatoms. The lowest BCUT2D eigenvalue weighted by Gasteiger charge is -2.20. The maximum absolute atomic E-state index is 12.9. The maximum Gasteiger partial charge on any atom is 0.279 e. The van der Waals surface area contributed by atoms with E-state index in [0.29, 0.717) is 23.0 Å². The zero-order valence-electron chi connectivity index (χ0n) is 18.8. The Balaban J connectivity index is 1.62. The standard InChI is InChI=1S/C24H24ClN3O4S2/c1-4-11-28-22-16(2)13-18(25)14-21(22)33-24(28)26-23(29)17-7-9-20(10-8-17)34(30,31)27(3)15-19-6-5-12-32-19/h1,7-10,13-14,19H,5-6,11-12,15H2,2-3H3. The number of hydrogen-bond donors (Lipinski definition) is 0. The van der Waals surface area contributed by atoms with Crippen LogP contribution in [0.3, 0.4) is 0 Å². The predicted octanol–water partition coefficient (Wildman–Crippen LogP) is 3.84. The first-order chi connectivity index (χ1) is 16.2. The number of rotatable bonds is 6. The van der Waals surface area contributed by atoms with Crippen LogP contribution in [-0.4, -0.2) is 49.5 Å². The summed E-state index contributed by atoms with van der Waals surface area (Å²) in [6, 6.07) is 9.45. The molecule has 1 amide bonds. The molecule has 0 radical (unpaired) electrons. The quantitative estimate of drug-likeness (QED) is 0.465. The first-order valence-electron chi connectivity index (χ1n) is 10.7. The molecule has 7 nitrogen and oxygen atoms in total. The van der Waals surface area contributed by atoms with Gasteiger partial charge in [-0.1, -0.05) is 28.9 Å². The van der Waals surface area contributed by atoms with E-state index < -0.39 is 15.9 Å². The predicted molar refractivity (Wildman–Crippen MR) is 134 cm³/mol. The van der Waals surface area contributed by atoms with Crippen molar-refractivity contribution in [2.75, 3.05) is 20.2 Å². The fourth-order valence-corrected chi connectivity index (χ4v) is 6.66. The number of benzene rings is 2. The zero-order valence-corrected chi connectivity index (χ0v) is 21.2. The first-order valence-corrected chi connectivity index (χ1v) is 13.3. The van der Waals surface area contributed by atoms with Gasteiger partial charge < -0.3 is 9.30 Å². The van der Waals surface area contributed by atoms with Crippen LogP contribution in [0.25, 0.3) is 10.2 Å². The minimum atomic E-state index is -3.69. The van der Waals surface area contributed by atoms with E-state index in [2.05, 4.69) is 10.9 Å². The first kappa shape index (κ1) is 24.6. The minimum absolute atomic E-state index is 0.0889. The molecule has 0 spiro atoms. The highest BCUT2D eigenvalue weighted by Gasteiger charge is 2.26. The van der Waals surface area contributed by atoms with Crippen LogP contribution >= 0.6 is 22.9 Å². The molecule has 1 saturated heterocycles. The summed E-state index contributed by atoms with van der Waals surface area (Å²) in [7, 11) is -2.16. The van der Waals surface area contributed by atoms with Crippen LogP contribution in [0.4, 0.5) is 0 Å². The monoisotopic (exact) mass is 517 g/mol. The van der Waals surface area contributed by atoms with Crippen molar-refractivity contribution in [2.45, 2.75) is 37.3 Å². The molecule has 0 bridgehead atoms. The highest BCUT2D eigenvalue weighted by Crippen LogP contribution is 2.26. The molecule has 1 fully saturated rings. The molecule has 1 aliphatic rings. The molecule has 0 saturated carbocycles. The van der Waals surface area contributed by atoms with E-state index in [4.69, 9.17) is 22.8 Å². The molecule has 2 heterocycles. The molecule has 1 aromatic heterocycles. The minimum Gasteiger partial charge on any atom is -0.377 e. The third kappa shape index (κ3) is 4.97. The van der Waals surface area contributed by atoms with Crippen LogP contribution in [0.1, 0.15) is 28.8 Å². The average Bonchev–Trinajstić information content (AvgIpc) is 3.42. The summed E-state index contributed by atoms with van der Waals surface area (Å²) in [5, 5.41) is 0.596. The van der Waals surface area contributed by atoms with Crippen molar-refractivity contribution in [1.82, 2.24) is 8.87 Å². The molecule has 1 aliphatic heterocycles.